The zero-order valence-electron chi connectivity index (χ0n) is 25.4. The number of imidazole rings is 1. The molecule has 2 aromatic carbocycles. The molecular formula is C32H40F2N8O3. The number of hydrogen-bond donors (Lipinski definition) is 5. The van der Waals surface area contributed by atoms with Crippen LogP contribution < -0.4 is 27.8 Å². The maximum absolute atomic E-state index is 14.8. The van der Waals surface area contributed by atoms with Crippen LogP contribution in [0.1, 0.15) is 67.2 Å². The SMILES string of the molecule is CCCCc1nc2c(N)nc3ccccc3c2n1CCCCNC(=O)c1cc(F)c(CC(=O)[C@@H](N)CCCNC(N)=O)c(F)c1. The second-order valence-corrected chi connectivity index (χ2v) is 11.1. The summed E-state index contributed by atoms with van der Waals surface area (Å²) in [7, 11) is 0. The van der Waals surface area contributed by atoms with Gasteiger partial charge in [0.25, 0.3) is 5.91 Å². The van der Waals surface area contributed by atoms with E-state index in [1.54, 1.807) is 0 Å². The third-order valence-electron chi connectivity index (χ3n) is 7.70. The van der Waals surface area contributed by atoms with E-state index in [-0.39, 0.29) is 18.5 Å². The number of nitrogens with one attached hydrogen (secondary N) is 2. The van der Waals surface area contributed by atoms with E-state index in [4.69, 9.17) is 22.2 Å². The third-order valence-corrected chi connectivity index (χ3v) is 7.70. The summed E-state index contributed by atoms with van der Waals surface area (Å²) >= 11 is 0. The van der Waals surface area contributed by atoms with E-state index in [9.17, 15) is 23.2 Å². The van der Waals surface area contributed by atoms with Gasteiger partial charge in [-0.1, -0.05) is 31.5 Å². The molecule has 0 saturated carbocycles. The summed E-state index contributed by atoms with van der Waals surface area (Å²) in [5.74, 6) is -1.84. The van der Waals surface area contributed by atoms with Gasteiger partial charge in [0.2, 0.25) is 0 Å². The predicted molar refractivity (Wildman–Crippen MR) is 169 cm³/mol. The van der Waals surface area contributed by atoms with Gasteiger partial charge in [-0.05, 0) is 50.3 Å². The van der Waals surface area contributed by atoms with Crippen molar-refractivity contribution in [2.24, 2.45) is 11.5 Å². The number of nitrogens with two attached hydrogens (primary N) is 3. The standard InChI is InChI=1S/C32H40F2N8O3/c1-2-3-12-27-41-28-29(20-9-4-5-11-25(20)40-30(28)36)42(27)15-7-6-13-38-31(44)19-16-22(33)21(23(34)17-19)18-26(43)24(35)10-8-14-39-32(37)45/h4-5,9,11,16-17,24H,2-3,6-8,10,12-15,18,35H2,1H3,(H2,36,40)(H,38,44)(H3,37,39,45)/t24-/m0/s1. The monoisotopic (exact) mass is 622 g/mol. The number of fused-ring (bicyclic) bond motifs is 3. The van der Waals surface area contributed by atoms with Gasteiger partial charge >= 0.3 is 6.03 Å². The second kappa shape index (κ2) is 15.4. The average Bonchev–Trinajstić information content (AvgIpc) is 3.38. The average molecular weight is 623 g/mol. The highest BCUT2D eigenvalue weighted by Gasteiger charge is 2.21. The Labute approximate surface area is 259 Å². The molecule has 0 saturated heterocycles. The summed E-state index contributed by atoms with van der Waals surface area (Å²) in [6.07, 6.45) is 4.16. The molecule has 2 aromatic heterocycles. The van der Waals surface area contributed by atoms with Crippen molar-refractivity contribution in [3.8, 4) is 0 Å². The predicted octanol–water partition coefficient (Wildman–Crippen LogP) is 3.89. The Morgan fingerprint density at radius 2 is 1.69 bits per heavy atom. The summed E-state index contributed by atoms with van der Waals surface area (Å²) in [5.41, 5.74) is 18.9. The fourth-order valence-electron chi connectivity index (χ4n) is 5.27. The van der Waals surface area contributed by atoms with Gasteiger partial charge in [0.1, 0.15) is 23.0 Å². The highest BCUT2D eigenvalue weighted by atomic mass is 19.1. The minimum absolute atomic E-state index is 0.181. The van der Waals surface area contributed by atoms with Crippen LogP contribution in [-0.4, -0.2) is 51.4 Å². The lowest BCUT2D eigenvalue weighted by atomic mass is 9.99. The van der Waals surface area contributed by atoms with E-state index in [0.717, 1.165) is 53.6 Å². The van der Waals surface area contributed by atoms with Crippen molar-refractivity contribution in [3.63, 3.8) is 0 Å². The first-order chi connectivity index (χ1) is 21.6. The Hall–Kier alpha value is -4.65. The number of ketones is 1. The number of halogens is 2. The largest absolute Gasteiger partial charge is 0.382 e. The number of pyridine rings is 1. The number of aryl methyl sites for hydroxylation is 2. The lowest BCUT2D eigenvalue weighted by Gasteiger charge is -2.13. The van der Waals surface area contributed by atoms with Crippen LogP contribution in [0.15, 0.2) is 36.4 Å². The van der Waals surface area contributed by atoms with Gasteiger partial charge in [0.05, 0.1) is 17.1 Å². The van der Waals surface area contributed by atoms with Crippen molar-refractivity contribution in [1.82, 2.24) is 25.2 Å². The van der Waals surface area contributed by atoms with Crippen LogP contribution in [0.4, 0.5) is 19.4 Å². The van der Waals surface area contributed by atoms with Crippen LogP contribution in [0.2, 0.25) is 0 Å². The smallest absolute Gasteiger partial charge is 0.312 e. The molecule has 0 bridgehead atoms. The molecule has 0 aliphatic rings. The number of Topliss-reactive ketones (excluding diaryl/α,β-unsaturated/α-hetero) is 1. The molecule has 2 heterocycles. The van der Waals surface area contributed by atoms with Gasteiger partial charge in [-0.15, -0.1) is 0 Å². The van der Waals surface area contributed by atoms with Crippen molar-refractivity contribution in [3.05, 3.63) is 65.0 Å². The van der Waals surface area contributed by atoms with Gasteiger partial charge < -0.3 is 32.4 Å². The zero-order valence-corrected chi connectivity index (χ0v) is 25.4. The van der Waals surface area contributed by atoms with E-state index in [1.807, 2.05) is 24.3 Å². The topological polar surface area (TPSA) is 184 Å². The van der Waals surface area contributed by atoms with Gasteiger partial charge in [-0.3, -0.25) is 9.59 Å². The normalized spacial score (nSPS) is 12.0. The van der Waals surface area contributed by atoms with Crippen LogP contribution in [-0.2, 0) is 24.2 Å². The fourth-order valence-corrected chi connectivity index (χ4v) is 5.27. The van der Waals surface area contributed by atoms with Crippen LogP contribution in [0, 0.1) is 11.6 Å². The van der Waals surface area contributed by atoms with Crippen molar-refractivity contribution < 1.29 is 23.2 Å². The van der Waals surface area contributed by atoms with Crippen molar-refractivity contribution in [2.75, 3.05) is 18.8 Å². The summed E-state index contributed by atoms with van der Waals surface area (Å²) in [5, 5.41) is 6.07. The maximum Gasteiger partial charge on any atom is 0.312 e. The Balaban J connectivity index is 1.34. The molecule has 45 heavy (non-hydrogen) atoms. The van der Waals surface area contributed by atoms with Crippen LogP contribution in [0.5, 0.6) is 0 Å². The number of rotatable bonds is 16. The summed E-state index contributed by atoms with van der Waals surface area (Å²) in [4.78, 5) is 45.2. The Morgan fingerprint density at radius 3 is 2.40 bits per heavy atom. The van der Waals surface area contributed by atoms with Crippen LogP contribution in [0.3, 0.4) is 0 Å². The maximum atomic E-state index is 14.8. The van der Waals surface area contributed by atoms with Crippen LogP contribution in [0.25, 0.3) is 21.9 Å². The van der Waals surface area contributed by atoms with Crippen molar-refractivity contribution >= 4 is 45.5 Å². The molecule has 0 aliphatic heterocycles. The first kappa shape index (κ1) is 33.2. The molecule has 3 amide bonds. The number of carbonyl (C=O) groups is 3. The number of amides is 3. The summed E-state index contributed by atoms with van der Waals surface area (Å²) in [6, 6.07) is 7.99. The first-order valence-corrected chi connectivity index (χ1v) is 15.2. The molecular weight excluding hydrogens is 582 g/mol. The molecule has 0 unspecified atom stereocenters. The minimum atomic E-state index is -0.997. The molecule has 4 rings (SSSR count). The zero-order chi connectivity index (χ0) is 32.5. The molecule has 11 nitrogen and oxygen atoms in total. The number of urea groups is 1. The summed E-state index contributed by atoms with van der Waals surface area (Å²) < 4.78 is 31.8. The van der Waals surface area contributed by atoms with E-state index >= 15 is 0 Å². The highest BCUT2D eigenvalue weighted by molar-refractivity contribution is 6.06. The van der Waals surface area contributed by atoms with Gasteiger partial charge in [0, 0.05) is 49.0 Å². The highest BCUT2D eigenvalue weighted by Crippen LogP contribution is 2.29. The molecule has 1 atom stereocenters. The number of benzene rings is 2. The Kier molecular flexibility index (Phi) is 11.4. The van der Waals surface area contributed by atoms with Crippen molar-refractivity contribution in [1.29, 1.82) is 0 Å². The molecule has 0 fully saturated rings. The van der Waals surface area contributed by atoms with Gasteiger partial charge in [-0.25, -0.2) is 23.5 Å². The third kappa shape index (κ3) is 8.29. The Bertz CT molecular complexity index is 1670. The van der Waals surface area contributed by atoms with E-state index in [1.165, 1.54) is 0 Å². The van der Waals surface area contributed by atoms with Gasteiger partial charge in [0.15, 0.2) is 11.6 Å². The molecule has 8 N–H and O–H groups in total. The number of nitrogens with zero attached hydrogens (tertiary/aromatic N) is 3. The van der Waals surface area contributed by atoms with E-state index < -0.39 is 47.4 Å². The number of primary amides is 1. The number of para-hydroxylation sites is 1. The second-order valence-electron chi connectivity index (χ2n) is 11.1. The first-order valence-electron chi connectivity index (χ1n) is 15.2. The number of aromatic nitrogens is 3. The lowest BCUT2D eigenvalue weighted by molar-refractivity contribution is -0.119. The number of hydrogen-bond acceptors (Lipinski definition) is 7. The fraction of sp³-hybridized carbons (Fsp3) is 0.406. The number of nitrogen functional groups attached to an aromatic ring is 1. The Morgan fingerprint density at radius 1 is 0.978 bits per heavy atom. The molecule has 0 spiro atoms. The molecule has 0 radical (unpaired) electrons. The van der Waals surface area contributed by atoms with Crippen LogP contribution >= 0.6 is 0 Å². The molecule has 240 valence electrons. The van der Waals surface area contributed by atoms with E-state index in [2.05, 4.69) is 27.1 Å². The lowest BCUT2D eigenvalue weighted by Crippen LogP contribution is -2.35. The molecule has 13 heteroatoms. The number of unbranched alkanes of at least 4 members (excludes halogenated alkanes) is 2. The number of anilines is 1. The van der Waals surface area contributed by atoms with Crippen molar-refractivity contribution in [2.45, 2.75) is 70.9 Å². The minimum Gasteiger partial charge on any atom is -0.382 e. The molecule has 0 aliphatic carbocycles. The quantitative estimate of drug-likeness (QED) is 0.117. The summed E-state index contributed by atoms with van der Waals surface area (Å²) in [6.45, 7) is 3.29. The van der Waals surface area contributed by atoms with Gasteiger partial charge in [-0.2, -0.15) is 0 Å². The molecule has 4 aromatic rings. The number of carbonyl (C=O) groups excluding carboxylic acids is 3. The van der Waals surface area contributed by atoms with E-state index in [0.29, 0.717) is 43.7 Å².